The number of methoxy groups -OCH3 is 1. The maximum Gasteiger partial charge on any atom is 0.349 e. The molecule has 0 unspecified atom stereocenters. The molecule has 2 heterocycles. The molecule has 0 radical (unpaired) electrons. The van der Waals surface area contributed by atoms with E-state index in [4.69, 9.17) is 20.2 Å². The Balaban J connectivity index is 1.65. The summed E-state index contributed by atoms with van der Waals surface area (Å²) in [5.41, 5.74) is 1.87. The van der Waals surface area contributed by atoms with Gasteiger partial charge in [-0.2, -0.15) is 8.42 Å². The lowest BCUT2D eigenvalue weighted by atomic mass is 10.2. The zero-order valence-electron chi connectivity index (χ0n) is 14.8. The number of carbonyl (C=O) groups excluding carboxylic acids is 1. The number of thiophene rings is 1. The normalized spacial score (nSPS) is 11.5. The molecular weight excluding hydrogens is 438 g/mol. The van der Waals surface area contributed by atoms with Crippen LogP contribution in [0.25, 0.3) is 22.6 Å². The summed E-state index contributed by atoms with van der Waals surface area (Å²) >= 11 is 7.17. The van der Waals surface area contributed by atoms with Gasteiger partial charge in [0, 0.05) is 5.56 Å². The molecule has 7 nitrogen and oxygen atoms in total. The van der Waals surface area contributed by atoms with Crippen LogP contribution in [0.15, 0.2) is 63.2 Å². The van der Waals surface area contributed by atoms with Gasteiger partial charge in [-0.1, -0.05) is 23.7 Å². The Hall–Kier alpha value is -2.88. The zero-order chi connectivity index (χ0) is 20.6. The second-order valence-electron chi connectivity index (χ2n) is 5.77. The molecule has 0 spiro atoms. The predicted octanol–water partition coefficient (Wildman–Crippen LogP) is 4.76. The highest BCUT2D eigenvalue weighted by Crippen LogP contribution is 2.34. The third-order valence-corrected chi connectivity index (χ3v) is 6.54. The number of nitrogens with zero attached hydrogens (tertiary/aromatic N) is 1. The highest BCUT2D eigenvalue weighted by Gasteiger charge is 2.27. The maximum absolute atomic E-state index is 12.6. The van der Waals surface area contributed by atoms with Crippen LogP contribution in [0.2, 0.25) is 5.02 Å². The Morgan fingerprint density at radius 3 is 2.69 bits per heavy atom. The molecule has 148 valence electrons. The monoisotopic (exact) mass is 449 g/mol. The summed E-state index contributed by atoms with van der Waals surface area (Å²) in [7, 11) is -3.12. The van der Waals surface area contributed by atoms with Gasteiger partial charge in [0.2, 0.25) is 5.89 Å². The first-order valence-corrected chi connectivity index (χ1v) is 10.8. The average molecular weight is 450 g/mol. The van der Waals surface area contributed by atoms with Crippen molar-refractivity contribution in [2.24, 2.45) is 0 Å². The highest BCUT2D eigenvalue weighted by atomic mass is 35.5. The standard InChI is InChI=1S/C19H12ClNO6S2/c1-25-19(22)17-16(8-9-28-17)29(23,24)27-14-7-6-11(10-12(14)20)18-21-13-4-2-3-5-15(13)26-18/h2-10H,1H3. The summed E-state index contributed by atoms with van der Waals surface area (Å²) in [4.78, 5) is 15.8. The molecule has 0 atom stereocenters. The molecule has 0 aliphatic heterocycles. The van der Waals surface area contributed by atoms with Crippen LogP contribution in [0.5, 0.6) is 5.75 Å². The smallest absolute Gasteiger partial charge is 0.349 e. The fourth-order valence-electron chi connectivity index (χ4n) is 2.60. The van der Waals surface area contributed by atoms with Gasteiger partial charge in [-0.3, -0.25) is 0 Å². The Bertz CT molecular complexity index is 1290. The van der Waals surface area contributed by atoms with Gasteiger partial charge in [0.1, 0.15) is 15.3 Å². The number of para-hydroxylation sites is 2. The molecule has 2 aromatic carbocycles. The largest absolute Gasteiger partial charge is 0.465 e. The third kappa shape index (κ3) is 3.71. The number of hydrogen-bond acceptors (Lipinski definition) is 8. The number of hydrogen-bond donors (Lipinski definition) is 0. The summed E-state index contributed by atoms with van der Waals surface area (Å²) < 4.78 is 40.7. The fourth-order valence-corrected chi connectivity index (χ4v) is 5.12. The van der Waals surface area contributed by atoms with Crippen molar-refractivity contribution in [2.75, 3.05) is 7.11 Å². The van der Waals surface area contributed by atoms with Gasteiger partial charge in [-0.15, -0.1) is 11.3 Å². The van der Waals surface area contributed by atoms with Gasteiger partial charge in [-0.05, 0) is 41.8 Å². The molecule has 10 heteroatoms. The molecule has 0 amide bonds. The quantitative estimate of drug-likeness (QED) is 0.320. The molecule has 0 saturated carbocycles. The van der Waals surface area contributed by atoms with Crippen molar-refractivity contribution in [1.29, 1.82) is 0 Å². The first kappa shape index (κ1) is 19.4. The second kappa shape index (κ2) is 7.51. The molecule has 4 rings (SSSR count). The van der Waals surface area contributed by atoms with Crippen molar-refractivity contribution < 1.29 is 26.5 Å². The Morgan fingerprint density at radius 1 is 1.17 bits per heavy atom. The molecule has 0 fully saturated rings. The van der Waals surface area contributed by atoms with Crippen LogP contribution in [0.3, 0.4) is 0 Å². The number of oxazole rings is 1. The number of aromatic nitrogens is 1. The molecule has 0 bridgehead atoms. The molecule has 0 saturated heterocycles. The summed E-state index contributed by atoms with van der Waals surface area (Å²) in [5, 5.41) is 1.50. The van der Waals surface area contributed by atoms with E-state index in [9.17, 15) is 13.2 Å². The molecular formula is C19H12ClNO6S2. The van der Waals surface area contributed by atoms with Crippen LogP contribution in [0, 0.1) is 0 Å². The number of rotatable bonds is 5. The summed E-state index contributed by atoms with van der Waals surface area (Å²) in [5.74, 6) is -0.513. The van der Waals surface area contributed by atoms with Crippen molar-refractivity contribution >= 4 is 50.1 Å². The summed E-state index contributed by atoms with van der Waals surface area (Å²) in [6, 6.07) is 13.0. The minimum Gasteiger partial charge on any atom is -0.465 e. The SMILES string of the molecule is COC(=O)c1sccc1S(=O)(=O)Oc1ccc(-c2nc3ccccc3o2)cc1Cl. The van der Waals surface area contributed by atoms with Gasteiger partial charge >= 0.3 is 16.1 Å². The van der Waals surface area contributed by atoms with E-state index in [-0.39, 0.29) is 20.5 Å². The van der Waals surface area contributed by atoms with Crippen LogP contribution in [-0.4, -0.2) is 26.5 Å². The lowest BCUT2D eigenvalue weighted by molar-refractivity contribution is 0.0602. The van der Waals surface area contributed by atoms with Gasteiger partial charge in [0.05, 0.1) is 12.1 Å². The highest BCUT2D eigenvalue weighted by molar-refractivity contribution is 7.87. The Kier molecular flexibility index (Phi) is 5.03. The lowest BCUT2D eigenvalue weighted by Gasteiger charge is -2.09. The van der Waals surface area contributed by atoms with E-state index < -0.39 is 16.1 Å². The predicted molar refractivity (Wildman–Crippen MR) is 108 cm³/mol. The molecule has 0 N–H and O–H groups in total. The molecule has 29 heavy (non-hydrogen) atoms. The molecule has 2 aromatic heterocycles. The van der Waals surface area contributed by atoms with Crippen molar-refractivity contribution in [1.82, 2.24) is 4.98 Å². The van der Waals surface area contributed by atoms with Crippen LogP contribution in [-0.2, 0) is 14.9 Å². The van der Waals surface area contributed by atoms with Crippen molar-refractivity contribution in [2.45, 2.75) is 4.90 Å². The van der Waals surface area contributed by atoms with E-state index in [1.807, 2.05) is 18.2 Å². The minimum atomic E-state index is -4.29. The molecule has 4 aromatic rings. The van der Waals surface area contributed by atoms with Crippen molar-refractivity contribution in [3.8, 4) is 17.2 Å². The van der Waals surface area contributed by atoms with Gasteiger partial charge in [-0.25, -0.2) is 9.78 Å². The van der Waals surface area contributed by atoms with Crippen LogP contribution in [0.1, 0.15) is 9.67 Å². The Labute approximate surface area is 174 Å². The first-order valence-electron chi connectivity index (χ1n) is 8.15. The Morgan fingerprint density at radius 2 is 1.97 bits per heavy atom. The number of benzene rings is 2. The summed E-state index contributed by atoms with van der Waals surface area (Å²) in [6.07, 6.45) is 0. The number of esters is 1. The minimum absolute atomic E-state index is 0.0446. The zero-order valence-corrected chi connectivity index (χ0v) is 17.2. The van der Waals surface area contributed by atoms with Crippen LogP contribution in [0.4, 0.5) is 0 Å². The molecule has 0 aliphatic carbocycles. The number of carbonyl (C=O) groups is 1. The second-order valence-corrected chi connectivity index (χ2v) is 8.61. The number of fused-ring (bicyclic) bond motifs is 1. The van der Waals surface area contributed by atoms with Crippen LogP contribution >= 0.6 is 22.9 Å². The van der Waals surface area contributed by atoms with E-state index in [1.165, 1.54) is 30.7 Å². The van der Waals surface area contributed by atoms with E-state index in [0.29, 0.717) is 22.6 Å². The number of ether oxygens (including phenoxy) is 1. The first-order chi connectivity index (χ1) is 13.9. The van der Waals surface area contributed by atoms with Gasteiger partial charge in [0.25, 0.3) is 0 Å². The maximum atomic E-state index is 12.6. The molecule has 0 aliphatic rings. The fraction of sp³-hybridized carbons (Fsp3) is 0.0526. The topological polar surface area (TPSA) is 95.7 Å². The van der Waals surface area contributed by atoms with Gasteiger partial charge < -0.3 is 13.3 Å². The van der Waals surface area contributed by atoms with Crippen LogP contribution < -0.4 is 4.18 Å². The van der Waals surface area contributed by atoms with E-state index in [1.54, 1.807) is 12.1 Å². The van der Waals surface area contributed by atoms with Gasteiger partial charge in [0.15, 0.2) is 11.3 Å². The lowest BCUT2D eigenvalue weighted by Crippen LogP contribution is -2.13. The van der Waals surface area contributed by atoms with Crippen molar-refractivity contribution in [3.05, 3.63) is 63.8 Å². The summed E-state index contributed by atoms with van der Waals surface area (Å²) in [6.45, 7) is 0. The van der Waals surface area contributed by atoms with Crippen molar-refractivity contribution in [3.63, 3.8) is 0 Å². The number of halogens is 1. The third-order valence-electron chi connectivity index (χ3n) is 3.94. The van der Waals surface area contributed by atoms with E-state index in [2.05, 4.69) is 9.72 Å². The van der Waals surface area contributed by atoms with E-state index >= 15 is 0 Å². The van der Waals surface area contributed by atoms with E-state index in [0.717, 1.165) is 11.3 Å². The average Bonchev–Trinajstić information content (AvgIpc) is 3.36.